The highest BCUT2D eigenvalue weighted by Crippen LogP contribution is 2.17. The standard InChI is InChI=1S/C13H12N2O5S/c1-10-2-8-13(9-3-10)21(18,19)14-20-12-6-4-11(5-7-12)15(16)17/h2-9,14H,1H3. The van der Waals surface area contributed by atoms with Crippen LogP contribution in [0.1, 0.15) is 5.56 Å². The molecule has 0 fully saturated rings. The van der Waals surface area contributed by atoms with Crippen LogP contribution in [0, 0.1) is 17.0 Å². The molecule has 0 bridgehead atoms. The van der Waals surface area contributed by atoms with E-state index in [0.29, 0.717) is 0 Å². The van der Waals surface area contributed by atoms with Gasteiger partial charge in [-0.15, -0.1) is 0 Å². The van der Waals surface area contributed by atoms with Crippen LogP contribution in [0.25, 0.3) is 0 Å². The second-order valence-electron chi connectivity index (χ2n) is 4.25. The summed E-state index contributed by atoms with van der Waals surface area (Å²) in [5.41, 5.74) is 0.828. The maximum Gasteiger partial charge on any atom is 0.271 e. The Morgan fingerprint density at radius 1 is 1.05 bits per heavy atom. The number of benzene rings is 2. The van der Waals surface area contributed by atoms with E-state index in [0.717, 1.165) is 5.56 Å². The molecule has 8 heteroatoms. The van der Waals surface area contributed by atoms with Crippen LogP contribution in [0.2, 0.25) is 0 Å². The Kier molecular flexibility index (Phi) is 4.20. The number of hydrogen-bond donors (Lipinski definition) is 1. The first-order chi connectivity index (χ1) is 9.88. The first kappa shape index (κ1) is 14.9. The molecule has 2 rings (SSSR count). The topological polar surface area (TPSA) is 98.5 Å². The lowest BCUT2D eigenvalue weighted by molar-refractivity contribution is -0.384. The van der Waals surface area contributed by atoms with Crippen molar-refractivity contribution in [3.8, 4) is 5.75 Å². The highest BCUT2D eigenvalue weighted by molar-refractivity contribution is 7.89. The monoisotopic (exact) mass is 308 g/mol. The minimum Gasteiger partial charge on any atom is -0.394 e. The van der Waals surface area contributed by atoms with Crippen LogP contribution in [-0.2, 0) is 10.0 Å². The van der Waals surface area contributed by atoms with Gasteiger partial charge in [0.15, 0.2) is 0 Å². The van der Waals surface area contributed by atoms with E-state index in [1.807, 2.05) is 11.8 Å². The molecule has 0 heterocycles. The Labute approximate surface area is 121 Å². The van der Waals surface area contributed by atoms with Crippen molar-refractivity contribution in [2.24, 2.45) is 0 Å². The SMILES string of the molecule is Cc1ccc(S(=O)(=O)NOc2ccc([N+](=O)[O-])cc2)cc1. The van der Waals surface area contributed by atoms with Crippen molar-refractivity contribution in [1.29, 1.82) is 0 Å². The summed E-state index contributed by atoms with van der Waals surface area (Å²) in [6.07, 6.45) is 0. The molecule has 0 unspecified atom stereocenters. The van der Waals surface area contributed by atoms with Gasteiger partial charge >= 0.3 is 0 Å². The molecule has 0 aliphatic heterocycles. The Bertz CT molecular complexity index is 739. The number of sulfonamides is 1. The number of nitrogens with zero attached hydrogens (tertiary/aromatic N) is 1. The molecule has 21 heavy (non-hydrogen) atoms. The van der Waals surface area contributed by atoms with E-state index in [4.69, 9.17) is 4.84 Å². The van der Waals surface area contributed by atoms with Crippen molar-refractivity contribution in [2.45, 2.75) is 11.8 Å². The Morgan fingerprint density at radius 3 is 2.14 bits per heavy atom. The largest absolute Gasteiger partial charge is 0.394 e. The molecular weight excluding hydrogens is 296 g/mol. The first-order valence-corrected chi connectivity index (χ1v) is 7.36. The molecule has 110 valence electrons. The lowest BCUT2D eigenvalue weighted by Crippen LogP contribution is -2.27. The summed E-state index contributed by atoms with van der Waals surface area (Å²) in [6, 6.07) is 11.3. The van der Waals surface area contributed by atoms with Crippen molar-refractivity contribution in [3.63, 3.8) is 0 Å². The number of nitrogens with one attached hydrogen (secondary N) is 1. The van der Waals surface area contributed by atoms with Crippen molar-refractivity contribution in [2.75, 3.05) is 0 Å². The van der Waals surface area contributed by atoms with Crippen LogP contribution in [0.15, 0.2) is 53.4 Å². The van der Waals surface area contributed by atoms with Gasteiger partial charge in [0, 0.05) is 12.1 Å². The fraction of sp³-hybridized carbons (Fsp3) is 0.0769. The molecule has 0 saturated heterocycles. The van der Waals surface area contributed by atoms with Crippen LogP contribution in [0.3, 0.4) is 0 Å². The van der Waals surface area contributed by atoms with Gasteiger partial charge < -0.3 is 4.84 Å². The lowest BCUT2D eigenvalue weighted by Gasteiger charge is -2.08. The van der Waals surface area contributed by atoms with E-state index >= 15 is 0 Å². The summed E-state index contributed by atoms with van der Waals surface area (Å²) < 4.78 is 23.9. The summed E-state index contributed by atoms with van der Waals surface area (Å²) in [6.45, 7) is 1.84. The van der Waals surface area contributed by atoms with Crippen LogP contribution in [0.5, 0.6) is 5.75 Å². The molecule has 1 N–H and O–H groups in total. The summed E-state index contributed by atoms with van der Waals surface area (Å²) >= 11 is 0. The Hall–Kier alpha value is -2.45. The fourth-order valence-electron chi connectivity index (χ4n) is 1.50. The van der Waals surface area contributed by atoms with Crippen LogP contribution in [0.4, 0.5) is 5.69 Å². The molecule has 0 aliphatic rings. The number of non-ortho nitro benzene ring substituents is 1. The fourth-order valence-corrected chi connectivity index (χ4v) is 2.30. The van der Waals surface area contributed by atoms with Crippen molar-refractivity contribution >= 4 is 15.7 Å². The maximum atomic E-state index is 11.9. The van der Waals surface area contributed by atoms with E-state index in [9.17, 15) is 18.5 Å². The van der Waals surface area contributed by atoms with E-state index in [1.54, 1.807) is 12.1 Å². The summed E-state index contributed by atoms with van der Waals surface area (Å²) in [5.74, 6) is 0.149. The third-order valence-corrected chi connectivity index (χ3v) is 3.84. The predicted molar refractivity (Wildman–Crippen MR) is 75.2 cm³/mol. The van der Waals surface area contributed by atoms with E-state index in [2.05, 4.69) is 0 Å². The van der Waals surface area contributed by atoms with E-state index < -0.39 is 14.9 Å². The predicted octanol–water partition coefficient (Wildman–Crippen LogP) is 2.18. The zero-order valence-corrected chi connectivity index (χ0v) is 11.8. The molecule has 0 spiro atoms. The molecule has 0 radical (unpaired) electrons. The minimum absolute atomic E-state index is 0.0648. The van der Waals surface area contributed by atoms with Gasteiger partial charge in [0.25, 0.3) is 15.7 Å². The van der Waals surface area contributed by atoms with Gasteiger partial charge in [-0.3, -0.25) is 10.1 Å². The molecule has 0 saturated carbocycles. The molecule has 2 aromatic carbocycles. The molecule has 7 nitrogen and oxygen atoms in total. The molecule has 0 atom stereocenters. The summed E-state index contributed by atoms with van der Waals surface area (Å²) in [7, 11) is -3.81. The zero-order chi connectivity index (χ0) is 15.5. The van der Waals surface area contributed by atoms with Gasteiger partial charge in [0.2, 0.25) is 0 Å². The number of aryl methyl sites for hydroxylation is 1. The van der Waals surface area contributed by atoms with E-state index in [-0.39, 0.29) is 16.3 Å². The molecule has 0 aromatic heterocycles. The molecule has 0 aliphatic carbocycles. The third-order valence-electron chi connectivity index (χ3n) is 2.65. The van der Waals surface area contributed by atoms with Crippen molar-refractivity contribution < 1.29 is 18.2 Å². The number of hydrogen-bond acceptors (Lipinski definition) is 5. The molecule has 2 aromatic rings. The quantitative estimate of drug-likeness (QED) is 0.674. The van der Waals surface area contributed by atoms with Gasteiger partial charge in [-0.1, -0.05) is 17.7 Å². The summed E-state index contributed by atoms with van der Waals surface area (Å²) in [4.78, 5) is 16.9. The normalized spacial score (nSPS) is 11.1. The lowest BCUT2D eigenvalue weighted by atomic mass is 10.2. The number of rotatable bonds is 5. The van der Waals surface area contributed by atoms with E-state index in [1.165, 1.54) is 36.4 Å². The second kappa shape index (κ2) is 5.90. The van der Waals surface area contributed by atoms with Gasteiger partial charge in [0.1, 0.15) is 5.75 Å². The van der Waals surface area contributed by atoms with Crippen molar-refractivity contribution in [1.82, 2.24) is 4.89 Å². The number of nitro groups is 1. The van der Waals surface area contributed by atoms with Gasteiger partial charge in [-0.2, -0.15) is 0 Å². The maximum absolute atomic E-state index is 11.9. The first-order valence-electron chi connectivity index (χ1n) is 5.88. The smallest absolute Gasteiger partial charge is 0.271 e. The third kappa shape index (κ3) is 3.77. The van der Waals surface area contributed by atoms with Gasteiger partial charge in [-0.05, 0) is 36.1 Å². The highest BCUT2D eigenvalue weighted by atomic mass is 32.2. The number of nitro benzene ring substituents is 1. The molecular formula is C13H12N2O5S. The molecule has 0 amide bonds. The Morgan fingerprint density at radius 2 is 1.62 bits per heavy atom. The Balaban J connectivity index is 2.08. The minimum atomic E-state index is -3.81. The van der Waals surface area contributed by atoms with Gasteiger partial charge in [-0.25, -0.2) is 8.42 Å². The van der Waals surface area contributed by atoms with Crippen molar-refractivity contribution in [3.05, 3.63) is 64.2 Å². The zero-order valence-electron chi connectivity index (χ0n) is 11.0. The second-order valence-corrected chi connectivity index (χ2v) is 5.90. The van der Waals surface area contributed by atoms with Crippen LogP contribution in [-0.4, -0.2) is 13.3 Å². The summed E-state index contributed by atoms with van der Waals surface area (Å²) in [5, 5.41) is 10.5. The van der Waals surface area contributed by atoms with Crippen LogP contribution >= 0.6 is 0 Å². The highest BCUT2D eigenvalue weighted by Gasteiger charge is 2.14. The average Bonchev–Trinajstić information content (AvgIpc) is 2.46. The average molecular weight is 308 g/mol. The van der Waals surface area contributed by atoms with Crippen LogP contribution < -0.4 is 9.72 Å². The van der Waals surface area contributed by atoms with Gasteiger partial charge in [0.05, 0.1) is 9.82 Å².